The summed E-state index contributed by atoms with van der Waals surface area (Å²) in [5, 5.41) is 2.87. The maximum Gasteiger partial charge on any atom is 0.435 e. The molecule has 5 rings (SSSR count). The number of aliphatic imine (C=N–C) groups is 1. The number of carbonyl (C=O) groups excluding carboxylic acids is 4. The molecule has 1 aliphatic carbocycles. The van der Waals surface area contributed by atoms with Gasteiger partial charge in [0.25, 0.3) is 0 Å². The summed E-state index contributed by atoms with van der Waals surface area (Å²) in [4.78, 5) is 52.6. The molecular formula is C35H37N3O8. The Bertz CT molecular complexity index is 1660. The smallest absolute Gasteiger partial charge is 0.435 e. The monoisotopic (exact) mass is 627 g/mol. The van der Waals surface area contributed by atoms with Crippen molar-refractivity contribution in [3.63, 3.8) is 0 Å². The van der Waals surface area contributed by atoms with Gasteiger partial charge in [-0.25, -0.2) is 4.79 Å². The Morgan fingerprint density at radius 1 is 0.935 bits per heavy atom. The summed E-state index contributed by atoms with van der Waals surface area (Å²) in [7, 11) is 0. The van der Waals surface area contributed by atoms with Crippen molar-refractivity contribution in [1.29, 1.82) is 0 Å². The first-order chi connectivity index (χ1) is 22.0. The summed E-state index contributed by atoms with van der Waals surface area (Å²) in [6.45, 7) is 4.96. The summed E-state index contributed by atoms with van der Waals surface area (Å²) in [5.41, 5.74) is 11.2. The van der Waals surface area contributed by atoms with Crippen LogP contribution in [0.1, 0.15) is 55.9 Å². The molecule has 0 bridgehead atoms. The minimum Gasteiger partial charge on any atom is -0.491 e. The number of fused-ring (bicyclic) bond motifs is 3. The Labute approximate surface area is 267 Å². The molecule has 1 heterocycles. The van der Waals surface area contributed by atoms with E-state index < -0.39 is 36.2 Å². The lowest BCUT2D eigenvalue weighted by molar-refractivity contribution is -0.173. The minimum absolute atomic E-state index is 0.0787. The second-order valence-corrected chi connectivity index (χ2v) is 12.4. The summed E-state index contributed by atoms with van der Waals surface area (Å²) in [6.07, 6.45) is 0.197. The van der Waals surface area contributed by atoms with E-state index in [1.807, 2.05) is 66.7 Å². The molecular weight excluding hydrogens is 590 g/mol. The molecule has 0 aromatic heterocycles. The van der Waals surface area contributed by atoms with Gasteiger partial charge in [-0.05, 0) is 79.6 Å². The normalized spacial score (nSPS) is 17.0. The van der Waals surface area contributed by atoms with Crippen LogP contribution in [0.2, 0.25) is 0 Å². The van der Waals surface area contributed by atoms with E-state index in [1.54, 1.807) is 20.8 Å². The van der Waals surface area contributed by atoms with Crippen molar-refractivity contribution in [1.82, 2.24) is 5.32 Å². The summed E-state index contributed by atoms with van der Waals surface area (Å²) in [6, 6.07) is 20.6. The first-order valence-electron chi connectivity index (χ1n) is 15.0. The van der Waals surface area contributed by atoms with Gasteiger partial charge >= 0.3 is 18.0 Å². The van der Waals surface area contributed by atoms with E-state index in [-0.39, 0.29) is 37.4 Å². The van der Waals surface area contributed by atoms with Crippen LogP contribution in [-0.2, 0) is 41.6 Å². The molecule has 0 unspecified atom stereocenters. The highest BCUT2D eigenvalue weighted by Gasteiger charge is 2.34. The maximum absolute atomic E-state index is 12.4. The molecule has 2 aliphatic rings. The number of rotatable bonds is 10. The Kier molecular flexibility index (Phi) is 9.69. The summed E-state index contributed by atoms with van der Waals surface area (Å²) >= 11 is 0. The SMILES string of the molecule is CC(C)(C)C(=O)OCOC(=O)C[C@@H]1C[C@@H](COc2ccc3c(c2)Cc2cc(C(N)=NC(=O)OCc4ccccc4)ccc2-3)NC1=O. The lowest BCUT2D eigenvalue weighted by Crippen LogP contribution is -2.31. The van der Waals surface area contributed by atoms with Crippen LogP contribution >= 0.6 is 0 Å². The van der Waals surface area contributed by atoms with Crippen LogP contribution in [0, 0.1) is 11.3 Å². The van der Waals surface area contributed by atoms with E-state index in [1.165, 1.54) is 0 Å². The lowest BCUT2D eigenvalue weighted by atomic mass is 9.98. The highest BCUT2D eigenvalue weighted by atomic mass is 16.7. The van der Waals surface area contributed by atoms with Crippen molar-refractivity contribution in [2.75, 3.05) is 13.4 Å². The maximum atomic E-state index is 12.4. The van der Waals surface area contributed by atoms with Crippen molar-refractivity contribution in [3.05, 3.63) is 89.0 Å². The number of nitrogens with zero attached hydrogens (tertiary/aromatic N) is 1. The topological polar surface area (TPSA) is 156 Å². The number of nitrogens with two attached hydrogens (primary N) is 1. The zero-order chi connectivity index (χ0) is 32.8. The fourth-order valence-corrected chi connectivity index (χ4v) is 5.29. The van der Waals surface area contributed by atoms with Crippen molar-refractivity contribution >= 4 is 29.8 Å². The molecule has 46 heavy (non-hydrogen) atoms. The van der Waals surface area contributed by atoms with Crippen molar-refractivity contribution in [2.24, 2.45) is 22.1 Å². The highest BCUT2D eigenvalue weighted by Crippen LogP contribution is 2.39. The number of hydrogen-bond donors (Lipinski definition) is 2. The van der Waals surface area contributed by atoms with Crippen LogP contribution in [0.3, 0.4) is 0 Å². The van der Waals surface area contributed by atoms with Gasteiger partial charge in [-0.3, -0.25) is 14.4 Å². The van der Waals surface area contributed by atoms with E-state index in [0.29, 0.717) is 24.2 Å². The highest BCUT2D eigenvalue weighted by molar-refractivity contribution is 6.03. The van der Waals surface area contributed by atoms with Crippen LogP contribution in [0.25, 0.3) is 11.1 Å². The standard InChI is InChI=1S/C35H37N3O8/c1-35(2,3)33(41)46-20-45-30(39)17-25-15-26(37-32(25)40)19-43-27-10-12-29-24(16-27)14-23-13-22(9-11-28(23)29)31(36)38-34(42)44-18-21-7-5-4-6-8-21/h4-13,16,25-26H,14-15,17-20H2,1-3H3,(H,37,40)(H2,36,38,42)/t25-,26-/m0/s1. The molecule has 2 amide bonds. The predicted octanol–water partition coefficient (Wildman–Crippen LogP) is 4.66. The molecule has 11 heteroatoms. The molecule has 1 aliphatic heterocycles. The fraction of sp³-hybridized carbons (Fsp3) is 0.343. The Morgan fingerprint density at radius 3 is 2.39 bits per heavy atom. The van der Waals surface area contributed by atoms with E-state index in [4.69, 9.17) is 24.7 Å². The number of hydrogen-bond acceptors (Lipinski definition) is 8. The van der Waals surface area contributed by atoms with E-state index >= 15 is 0 Å². The quantitative estimate of drug-likeness (QED) is 0.110. The third kappa shape index (κ3) is 8.09. The predicted molar refractivity (Wildman–Crippen MR) is 169 cm³/mol. The van der Waals surface area contributed by atoms with E-state index in [0.717, 1.165) is 27.8 Å². The average molecular weight is 628 g/mol. The third-order valence-corrected chi connectivity index (χ3v) is 7.74. The molecule has 1 saturated heterocycles. The number of ether oxygens (including phenoxy) is 4. The zero-order valence-electron chi connectivity index (χ0n) is 26.0. The van der Waals surface area contributed by atoms with Crippen LogP contribution in [0.5, 0.6) is 5.75 Å². The summed E-state index contributed by atoms with van der Waals surface area (Å²) in [5.74, 6) is -1.15. The van der Waals surface area contributed by atoms with Gasteiger partial charge in [0.15, 0.2) is 0 Å². The van der Waals surface area contributed by atoms with Gasteiger partial charge < -0.3 is 30.0 Å². The molecule has 3 aromatic rings. The molecule has 0 spiro atoms. The van der Waals surface area contributed by atoms with Gasteiger partial charge in [0.1, 0.15) is 24.8 Å². The number of amidine groups is 1. The zero-order valence-corrected chi connectivity index (χ0v) is 26.0. The molecule has 11 nitrogen and oxygen atoms in total. The number of esters is 2. The number of amides is 2. The molecule has 3 aromatic carbocycles. The van der Waals surface area contributed by atoms with Crippen molar-refractivity contribution in [2.45, 2.75) is 52.7 Å². The van der Waals surface area contributed by atoms with Crippen LogP contribution < -0.4 is 15.8 Å². The average Bonchev–Trinajstić information content (AvgIpc) is 3.57. The third-order valence-electron chi connectivity index (χ3n) is 7.74. The Balaban J connectivity index is 1.10. The number of nitrogens with one attached hydrogen (secondary N) is 1. The van der Waals surface area contributed by atoms with Crippen LogP contribution in [0.4, 0.5) is 4.79 Å². The second kappa shape index (κ2) is 13.8. The number of carbonyl (C=O) groups is 4. The second-order valence-electron chi connectivity index (χ2n) is 12.4. The van der Waals surface area contributed by atoms with Gasteiger partial charge in [0.2, 0.25) is 12.7 Å². The fourth-order valence-electron chi connectivity index (χ4n) is 5.29. The molecule has 1 fully saturated rings. The molecule has 3 N–H and O–H groups in total. The van der Waals surface area contributed by atoms with Gasteiger partial charge in [-0.1, -0.05) is 48.5 Å². The van der Waals surface area contributed by atoms with E-state index in [9.17, 15) is 19.2 Å². The van der Waals surface area contributed by atoms with Crippen LogP contribution in [-0.4, -0.2) is 49.2 Å². The Hall–Kier alpha value is -5.19. The Morgan fingerprint density at radius 2 is 1.65 bits per heavy atom. The first-order valence-corrected chi connectivity index (χ1v) is 15.0. The molecule has 0 saturated carbocycles. The molecule has 0 radical (unpaired) electrons. The van der Waals surface area contributed by atoms with Gasteiger partial charge in [-0.15, -0.1) is 0 Å². The number of benzene rings is 3. The van der Waals surface area contributed by atoms with Crippen LogP contribution in [0.15, 0.2) is 71.7 Å². The minimum atomic E-state index is -0.754. The van der Waals surface area contributed by atoms with Gasteiger partial charge in [0.05, 0.1) is 23.8 Å². The van der Waals surface area contributed by atoms with E-state index in [2.05, 4.69) is 10.3 Å². The van der Waals surface area contributed by atoms with Gasteiger partial charge in [0, 0.05) is 5.56 Å². The largest absolute Gasteiger partial charge is 0.491 e. The molecule has 240 valence electrons. The van der Waals surface area contributed by atoms with Crippen molar-refractivity contribution < 1.29 is 38.1 Å². The molecule has 2 atom stereocenters. The lowest BCUT2D eigenvalue weighted by Gasteiger charge is -2.16. The first kappa shape index (κ1) is 32.2. The summed E-state index contributed by atoms with van der Waals surface area (Å²) < 4.78 is 21.2. The van der Waals surface area contributed by atoms with Crippen molar-refractivity contribution in [3.8, 4) is 16.9 Å². The van der Waals surface area contributed by atoms with Gasteiger partial charge in [-0.2, -0.15) is 4.99 Å².